The van der Waals surface area contributed by atoms with Crippen LogP contribution in [-0.2, 0) is 53.0 Å². The smallest absolute Gasteiger partial charge is 0.404 e. The molecule has 5 aromatic rings. The first-order valence-electron chi connectivity index (χ1n) is 25.1. The van der Waals surface area contributed by atoms with Crippen molar-refractivity contribution in [2.24, 2.45) is 11.5 Å². The predicted molar refractivity (Wildman–Crippen MR) is 276 cm³/mol. The molecule has 3 aliphatic rings. The lowest BCUT2D eigenvalue weighted by Crippen LogP contribution is -2.61. The van der Waals surface area contributed by atoms with Crippen LogP contribution in [0.25, 0.3) is 0 Å². The first-order valence-corrected chi connectivity index (χ1v) is 25.1. The predicted octanol–water partition coefficient (Wildman–Crippen LogP) is 3.65. The molecule has 5 aromatic carbocycles. The van der Waals surface area contributed by atoms with Gasteiger partial charge in [-0.15, -0.1) is 0 Å². The van der Waals surface area contributed by atoms with E-state index in [2.05, 4.69) is 31.9 Å². The quantitative estimate of drug-likeness (QED) is 0.0702. The maximum absolute atomic E-state index is 15.1. The van der Waals surface area contributed by atoms with Gasteiger partial charge in [-0.05, 0) is 78.2 Å². The Bertz CT molecular complexity index is 2750. The van der Waals surface area contributed by atoms with Crippen LogP contribution in [0.3, 0.4) is 0 Å². The van der Waals surface area contributed by atoms with E-state index in [0.29, 0.717) is 55.0 Å². The number of nitrogens with one attached hydrogen (secondary N) is 6. The largest absolute Gasteiger partial charge is 0.489 e. The number of hydrogen-bond donors (Lipinski definition) is 8. The molecular weight excluding hydrogens is 943 g/mol. The molecule has 3 heterocycles. The lowest BCUT2D eigenvalue weighted by Gasteiger charge is -2.32. The standard InChI is InChI=1S/C56H63N9O9/c57-27-13-12-22-44-50(66)61-45(28-36-23-25-40(26-24-36)73-34-37-16-6-2-7-17-37)51(67)63-47(29-35-14-4-1-5-15-35)55(71)65-33-41(74-56(58)72)31-48(65)53(69)64-49(38-18-8-3-9-19-38)54(70)62-46(52(68)60-44)30-39-32-59-43-21-11-10-20-42(39)43/h1-11,14-21,23-26,39,41,44-49,59H,12-13,22,27-34,57H2,(H2,58,72)(H,60,68)(H,61,66)(H,62,70)(H,63,67)(H,64,69). The first-order chi connectivity index (χ1) is 35.9. The van der Waals surface area contributed by atoms with Gasteiger partial charge in [-0.2, -0.15) is 0 Å². The highest BCUT2D eigenvalue weighted by Crippen LogP contribution is 2.34. The molecule has 2 fully saturated rings. The number of nitrogens with two attached hydrogens (primary N) is 2. The van der Waals surface area contributed by atoms with Gasteiger partial charge in [0.1, 0.15) is 54.7 Å². The number of amides is 7. The lowest BCUT2D eigenvalue weighted by atomic mass is 9.92. The molecule has 0 aliphatic carbocycles. The Morgan fingerprint density at radius 1 is 0.595 bits per heavy atom. The molecule has 0 aromatic heterocycles. The fraction of sp³-hybridized carbons (Fsp3) is 0.339. The van der Waals surface area contributed by atoms with Crippen molar-refractivity contribution in [3.63, 3.8) is 0 Å². The number of benzene rings is 5. The number of primary amides is 1. The van der Waals surface area contributed by atoms with E-state index in [1.807, 2.05) is 54.6 Å². The maximum atomic E-state index is 15.1. The third kappa shape index (κ3) is 13.6. The van der Waals surface area contributed by atoms with Crippen molar-refractivity contribution in [1.82, 2.24) is 31.5 Å². The Morgan fingerprint density at radius 3 is 1.88 bits per heavy atom. The number of fused-ring (bicyclic) bond motifs is 2. The van der Waals surface area contributed by atoms with Gasteiger partial charge in [0.2, 0.25) is 35.4 Å². The number of carbonyl (C=O) groups is 7. The topological polar surface area (TPSA) is 265 Å². The Labute approximate surface area is 429 Å². The van der Waals surface area contributed by atoms with E-state index in [-0.39, 0.29) is 44.6 Å². The minimum absolute atomic E-state index is 0.0408. The summed E-state index contributed by atoms with van der Waals surface area (Å²) in [5, 5.41) is 17.9. The highest BCUT2D eigenvalue weighted by Gasteiger charge is 2.45. The van der Waals surface area contributed by atoms with Crippen LogP contribution in [0.1, 0.15) is 71.9 Å². The molecular formula is C56H63N9O9. The van der Waals surface area contributed by atoms with Crippen LogP contribution in [0.4, 0.5) is 10.5 Å². The lowest BCUT2D eigenvalue weighted by molar-refractivity contribution is -0.143. The molecule has 0 saturated carbocycles. The molecule has 386 valence electrons. The minimum atomic E-state index is -1.39. The van der Waals surface area contributed by atoms with Crippen molar-refractivity contribution in [2.45, 2.75) is 99.8 Å². The average molecular weight is 1010 g/mol. The van der Waals surface area contributed by atoms with E-state index in [1.54, 1.807) is 84.9 Å². The number of nitrogens with zero attached hydrogens (tertiary/aromatic N) is 1. The van der Waals surface area contributed by atoms with E-state index in [0.717, 1.165) is 16.8 Å². The summed E-state index contributed by atoms with van der Waals surface area (Å²) in [5.74, 6) is -3.93. The molecule has 0 radical (unpaired) electrons. The molecule has 0 bridgehead atoms. The minimum Gasteiger partial charge on any atom is -0.489 e. The van der Waals surface area contributed by atoms with E-state index < -0.39 is 83.9 Å². The number of ether oxygens (including phenoxy) is 2. The fourth-order valence-electron chi connectivity index (χ4n) is 9.80. The maximum Gasteiger partial charge on any atom is 0.404 e. The first kappa shape index (κ1) is 52.1. The molecule has 2 saturated heterocycles. The molecule has 18 nitrogen and oxygen atoms in total. The number of rotatable bonds is 15. The Balaban J connectivity index is 1.18. The Morgan fingerprint density at radius 2 is 1.18 bits per heavy atom. The molecule has 74 heavy (non-hydrogen) atoms. The van der Waals surface area contributed by atoms with E-state index >= 15 is 4.79 Å². The SMILES string of the molecule is NCCCCC1NC(=O)C(CC2CNc3ccccc32)NC(=O)C(c2ccccc2)NC(=O)C2CC(OC(N)=O)CN2C(=O)C(Cc2ccccc2)NC(=O)C(Cc2ccc(OCc3ccccc3)cc2)NC1=O. The highest BCUT2D eigenvalue weighted by molar-refractivity contribution is 5.99. The zero-order chi connectivity index (χ0) is 52.0. The van der Waals surface area contributed by atoms with Gasteiger partial charge in [-0.3, -0.25) is 28.8 Å². The Kier molecular flexibility index (Phi) is 17.5. The van der Waals surface area contributed by atoms with E-state index in [9.17, 15) is 28.8 Å². The van der Waals surface area contributed by atoms with E-state index in [4.69, 9.17) is 20.9 Å². The number of anilines is 1. The van der Waals surface area contributed by atoms with Crippen LogP contribution in [0, 0.1) is 0 Å². The summed E-state index contributed by atoms with van der Waals surface area (Å²) in [7, 11) is 0. The molecule has 10 N–H and O–H groups in total. The summed E-state index contributed by atoms with van der Waals surface area (Å²) in [6.45, 7) is 0.835. The van der Waals surface area contributed by atoms with Gasteiger partial charge < -0.3 is 57.7 Å². The van der Waals surface area contributed by atoms with Crippen molar-refractivity contribution in [2.75, 3.05) is 25.0 Å². The summed E-state index contributed by atoms with van der Waals surface area (Å²) in [5.41, 5.74) is 15.8. The third-order valence-electron chi connectivity index (χ3n) is 13.6. The Hall–Kier alpha value is -8.25. The zero-order valence-corrected chi connectivity index (χ0v) is 41.0. The van der Waals surface area contributed by atoms with Crippen molar-refractivity contribution in [3.8, 4) is 5.75 Å². The van der Waals surface area contributed by atoms with Crippen molar-refractivity contribution in [3.05, 3.63) is 167 Å². The van der Waals surface area contributed by atoms with E-state index in [1.165, 1.54) is 4.90 Å². The second kappa shape index (κ2) is 24.9. The van der Waals surface area contributed by atoms with Crippen LogP contribution in [-0.4, -0.2) is 102 Å². The molecule has 8 atom stereocenters. The summed E-state index contributed by atoms with van der Waals surface area (Å²) >= 11 is 0. The molecule has 8 rings (SSSR count). The highest BCUT2D eigenvalue weighted by atomic mass is 16.6. The van der Waals surface area contributed by atoms with Gasteiger partial charge >= 0.3 is 6.09 Å². The zero-order valence-electron chi connectivity index (χ0n) is 41.0. The molecule has 3 aliphatic heterocycles. The summed E-state index contributed by atoms with van der Waals surface area (Å²) in [6, 6.07) is 33.9. The third-order valence-corrected chi connectivity index (χ3v) is 13.6. The van der Waals surface area contributed by atoms with Gasteiger partial charge in [0, 0.05) is 37.4 Å². The fourth-order valence-corrected chi connectivity index (χ4v) is 9.80. The van der Waals surface area contributed by atoms with Crippen LogP contribution in [0.5, 0.6) is 5.75 Å². The van der Waals surface area contributed by atoms with Crippen LogP contribution in [0.2, 0.25) is 0 Å². The van der Waals surface area contributed by atoms with Gasteiger partial charge in [0.25, 0.3) is 0 Å². The molecule has 7 amide bonds. The van der Waals surface area contributed by atoms with Gasteiger partial charge in [0.15, 0.2) is 0 Å². The van der Waals surface area contributed by atoms with Crippen LogP contribution in [0.15, 0.2) is 140 Å². The second-order valence-electron chi connectivity index (χ2n) is 18.9. The number of unbranched alkanes of at least 4 members (excludes halogenated alkanes) is 1. The monoisotopic (exact) mass is 1010 g/mol. The average Bonchev–Trinajstić information content (AvgIpc) is 4.03. The molecule has 18 heteroatoms. The van der Waals surface area contributed by atoms with Crippen molar-refractivity contribution >= 4 is 47.2 Å². The van der Waals surface area contributed by atoms with Crippen molar-refractivity contribution < 1.29 is 43.0 Å². The van der Waals surface area contributed by atoms with Gasteiger partial charge in [-0.25, -0.2) is 4.79 Å². The number of carbonyl (C=O) groups excluding carboxylic acids is 7. The van der Waals surface area contributed by atoms with Crippen LogP contribution < -0.4 is 48.1 Å². The summed E-state index contributed by atoms with van der Waals surface area (Å²) < 4.78 is 11.4. The number of para-hydroxylation sites is 1. The second-order valence-corrected chi connectivity index (χ2v) is 18.9. The van der Waals surface area contributed by atoms with Crippen molar-refractivity contribution in [1.29, 1.82) is 0 Å². The summed E-state index contributed by atoms with van der Waals surface area (Å²) in [4.78, 5) is 103. The molecule has 8 unspecified atom stereocenters. The normalized spacial score (nSPS) is 23.6. The number of hydrogen-bond acceptors (Lipinski definition) is 11. The van der Waals surface area contributed by atoms with Gasteiger partial charge in [0.05, 0.1) is 6.54 Å². The van der Waals surface area contributed by atoms with Gasteiger partial charge in [-0.1, -0.05) is 121 Å². The molecule has 0 spiro atoms. The summed E-state index contributed by atoms with van der Waals surface area (Å²) in [6.07, 6.45) is -1.24. The van der Waals surface area contributed by atoms with Crippen LogP contribution >= 0.6 is 0 Å².